The fourth-order valence-corrected chi connectivity index (χ4v) is 4.91. The molecule has 32 heavy (non-hydrogen) atoms. The number of ether oxygens (including phenoxy) is 3. The lowest BCUT2D eigenvalue weighted by molar-refractivity contribution is -0.160. The highest BCUT2D eigenvalue weighted by molar-refractivity contribution is 5.88. The van der Waals surface area contributed by atoms with Gasteiger partial charge in [-0.1, -0.05) is 13.8 Å². The Morgan fingerprint density at radius 1 is 1.16 bits per heavy atom. The van der Waals surface area contributed by atoms with Crippen LogP contribution in [0.5, 0.6) is 0 Å². The van der Waals surface area contributed by atoms with Crippen molar-refractivity contribution in [3.8, 4) is 0 Å². The van der Waals surface area contributed by atoms with Crippen molar-refractivity contribution in [3.05, 3.63) is 0 Å². The van der Waals surface area contributed by atoms with E-state index in [0.717, 1.165) is 32.1 Å². The molecule has 3 aliphatic heterocycles. The Balaban J connectivity index is 1.63. The molecule has 0 radical (unpaired) electrons. The molecule has 0 aromatic rings. The molecule has 0 aromatic heterocycles. The summed E-state index contributed by atoms with van der Waals surface area (Å²) in [4.78, 5) is 27.5. The summed E-state index contributed by atoms with van der Waals surface area (Å²) in [6, 6.07) is -0.822. The minimum Gasteiger partial charge on any atom is -0.378 e. The Labute approximate surface area is 189 Å². The molecule has 2 bridgehead atoms. The number of halogens is 2. The Bertz CT molecular complexity index is 626. The van der Waals surface area contributed by atoms with Gasteiger partial charge in [0.2, 0.25) is 11.8 Å². The maximum Gasteiger partial charge on any atom is 0.345 e. The fourth-order valence-electron chi connectivity index (χ4n) is 4.91. The van der Waals surface area contributed by atoms with Gasteiger partial charge in [-0.3, -0.25) is 9.59 Å². The molecule has 2 amide bonds. The number of carbonyl (C=O) groups is 2. The van der Waals surface area contributed by atoms with E-state index in [9.17, 15) is 18.4 Å². The van der Waals surface area contributed by atoms with E-state index in [1.54, 1.807) is 18.7 Å². The van der Waals surface area contributed by atoms with Crippen molar-refractivity contribution in [2.75, 3.05) is 32.9 Å². The standard InChI is InChI=1S/C23H38F2N2O5/c1-15(2)20(28)26-19(16(3)31-13-23-8-6-18(7-9-23)32-14-23)21(29)27-10-4-5-17(11-27)12-30-22(24)25/h15-19,22H,4-14H2,1-3H3,(H,26,28). The van der Waals surface area contributed by atoms with Crippen molar-refractivity contribution >= 4 is 11.8 Å². The summed E-state index contributed by atoms with van der Waals surface area (Å²) in [6.07, 6.45) is 5.49. The number of fused-ring (bicyclic) bond motifs is 3. The second kappa shape index (κ2) is 11.2. The van der Waals surface area contributed by atoms with Gasteiger partial charge < -0.3 is 24.4 Å². The summed E-state index contributed by atoms with van der Waals surface area (Å²) < 4.78 is 41.4. The van der Waals surface area contributed by atoms with Gasteiger partial charge in [-0.2, -0.15) is 8.78 Å². The normalized spacial score (nSPS) is 29.9. The lowest BCUT2D eigenvalue weighted by Gasteiger charge is -2.46. The molecule has 3 unspecified atom stereocenters. The third kappa shape index (κ3) is 6.60. The topological polar surface area (TPSA) is 77.1 Å². The summed E-state index contributed by atoms with van der Waals surface area (Å²) in [5.74, 6) is -0.859. The van der Waals surface area contributed by atoms with Crippen LogP contribution in [0.3, 0.4) is 0 Å². The molecule has 3 heterocycles. The highest BCUT2D eigenvalue weighted by Gasteiger charge is 2.43. The minimum absolute atomic E-state index is 0.0124. The van der Waals surface area contributed by atoms with Gasteiger partial charge in [0.05, 0.1) is 32.0 Å². The number of likely N-dealkylation sites (tertiary alicyclic amines) is 1. The average Bonchev–Trinajstić information content (AvgIpc) is 2.80. The maximum atomic E-state index is 13.4. The van der Waals surface area contributed by atoms with Crippen molar-refractivity contribution in [3.63, 3.8) is 0 Å². The quantitative estimate of drug-likeness (QED) is 0.542. The number of nitrogens with zero attached hydrogens (tertiary/aromatic N) is 1. The molecule has 4 aliphatic rings. The van der Waals surface area contributed by atoms with Gasteiger partial charge in [0, 0.05) is 30.3 Å². The lowest BCUT2D eigenvalue weighted by atomic mass is 9.72. The zero-order chi connectivity index (χ0) is 23.3. The first-order chi connectivity index (χ1) is 15.2. The maximum absolute atomic E-state index is 13.4. The van der Waals surface area contributed by atoms with E-state index in [1.165, 1.54) is 0 Å². The second-order valence-corrected chi connectivity index (χ2v) is 10.1. The number of rotatable bonds is 10. The van der Waals surface area contributed by atoms with Crippen molar-refractivity contribution in [2.45, 2.75) is 84.2 Å². The van der Waals surface area contributed by atoms with Crippen LogP contribution in [0.1, 0.15) is 59.3 Å². The molecule has 0 spiro atoms. The highest BCUT2D eigenvalue weighted by atomic mass is 19.3. The van der Waals surface area contributed by atoms with Gasteiger partial charge in [0.15, 0.2) is 0 Å². The first-order valence-electron chi connectivity index (χ1n) is 11.9. The van der Waals surface area contributed by atoms with Crippen molar-refractivity contribution in [1.29, 1.82) is 0 Å². The number of nitrogens with one attached hydrogen (secondary N) is 1. The summed E-state index contributed by atoms with van der Waals surface area (Å²) in [5, 5.41) is 2.87. The molecular formula is C23H38F2N2O5. The molecule has 9 heteroatoms. The van der Waals surface area contributed by atoms with Crippen LogP contribution >= 0.6 is 0 Å². The Morgan fingerprint density at radius 3 is 2.47 bits per heavy atom. The van der Waals surface area contributed by atoms with Gasteiger partial charge in [-0.25, -0.2) is 0 Å². The first-order valence-corrected chi connectivity index (χ1v) is 11.9. The number of piperidine rings is 1. The molecule has 0 aromatic carbocycles. The van der Waals surface area contributed by atoms with Crippen molar-refractivity contribution < 1.29 is 32.6 Å². The monoisotopic (exact) mass is 460 g/mol. The smallest absolute Gasteiger partial charge is 0.345 e. The number of alkyl halides is 2. The van der Waals surface area contributed by atoms with Crippen LogP contribution in [0.15, 0.2) is 0 Å². The fraction of sp³-hybridized carbons (Fsp3) is 0.913. The van der Waals surface area contributed by atoms with E-state index >= 15 is 0 Å². The van der Waals surface area contributed by atoms with Crippen LogP contribution in [0.2, 0.25) is 0 Å². The van der Waals surface area contributed by atoms with Gasteiger partial charge in [-0.15, -0.1) is 0 Å². The third-order valence-corrected chi connectivity index (χ3v) is 7.12. The molecule has 3 atom stereocenters. The largest absolute Gasteiger partial charge is 0.378 e. The van der Waals surface area contributed by atoms with E-state index < -0.39 is 18.8 Å². The van der Waals surface area contributed by atoms with Crippen LogP contribution in [-0.4, -0.2) is 74.5 Å². The molecule has 3 saturated heterocycles. The Kier molecular flexibility index (Phi) is 8.86. The summed E-state index contributed by atoms with van der Waals surface area (Å²) in [5.41, 5.74) is -0.0124. The lowest BCUT2D eigenvalue weighted by Crippen LogP contribution is -2.57. The zero-order valence-corrected chi connectivity index (χ0v) is 19.5. The number of carbonyl (C=O) groups excluding carboxylic acids is 2. The van der Waals surface area contributed by atoms with E-state index in [1.807, 2.05) is 6.92 Å². The molecule has 1 saturated carbocycles. The Hall–Kier alpha value is -1.32. The van der Waals surface area contributed by atoms with Gasteiger partial charge in [0.25, 0.3) is 0 Å². The van der Waals surface area contributed by atoms with Crippen molar-refractivity contribution in [1.82, 2.24) is 10.2 Å². The van der Waals surface area contributed by atoms with Crippen LogP contribution in [-0.2, 0) is 23.8 Å². The summed E-state index contributed by atoms with van der Waals surface area (Å²) in [7, 11) is 0. The van der Waals surface area contributed by atoms with Crippen LogP contribution in [0.25, 0.3) is 0 Å². The van der Waals surface area contributed by atoms with Crippen LogP contribution < -0.4 is 5.32 Å². The van der Waals surface area contributed by atoms with Gasteiger partial charge >= 0.3 is 6.61 Å². The van der Waals surface area contributed by atoms with E-state index in [2.05, 4.69) is 10.1 Å². The molecule has 184 valence electrons. The molecule has 4 rings (SSSR count). The van der Waals surface area contributed by atoms with Crippen LogP contribution in [0, 0.1) is 17.3 Å². The Morgan fingerprint density at radius 2 is 1.88 bits per heavy atom. The summed E-state index contributed by atoms with van der Waals surface area (Å²) >= 11 is 0. The number of hydrogen-bond donors (Lipinski definition) is 1. The summed E-state index contributed by atoms with van der Waals surface area (Å²) in [6.45, 7) is 4.51. The SMILES string of the molecule is CC(C)C(=O)NC(C(=O)N1CCCC(COC(F)F)C1)C(C)OCC12CCC(CC1)OC2. The molecule has 4 fully saturated rings. The molecule has 1 aliphatic carbocycles. The molecule has 7 nitrogen and oxygen atoms in total. The highest BCUT2D eigenvalue weighted by Crippen LogP contribution is 2.43. The van der Waals surface area contributed by atoms with Gasteiger partial charge in [-0.05, 0) is 45.4 Å². The zero-order valence-electron chi connectivity index (χ0n) is 19.5. The first kappa shape index (κ1) is 25.3. The van der Waals surface area contributed by atoms with Crippen molar-refractivity contribution in [2.24, 2.45) is 17.3 Å². The predicted molar refractivity (Wildman–Crippen MR) is 114 cm³/mol. The van der Waals surface area contributed by atoms with Crippen LogP contribution in [0.4, 0.5) is 8.78 Å². The number of amides is 2. The van der Waals surface area contributed by atoms with E-state index in [-0.39, 0.29) is 35.7 Å². The predicted octanol–water partition coefficient (Wildman–Crippen LogP) is 2.97. The van der Waals surface area contributed by atoms with Gasteiger partial charge in [0.1, 0.15) is 6.04 Å². The molecular weight excluding hydrogens is 422 g/mol. The number of hydrogen-bond acceptors (Lipinski definition) is 5. The second-order valence-electron chi connectivity index (χ2n) is 10.1. The third-order valence-electron chi connectivity index (χ3n) is 7.12. The molecule has 1 N–H and O–H groups in total. The van der Waals surface area contributed by atoms with E-state index in [4.69, 9.17) is 9.47 Å². The average molecular weight is 461 g/mol. The minimum atomic E-state index is -2.81. The van der Waals surface area contributed by atoms with E-state index in [0.29, 0.717) is 38.8 Å².